The third kappa shape index (κ3) is 4.64. The average molecular weight is 419 g/mol. The number of amides is 1. The van der Waals surface area contributed by atoms with E-state index in [2.05, 4.69) is 26.1 Å². The zero-order chi connectivity index (χ0) is 20.1. The van der Waals surface area contributed by atoms with E-state index in [1.165, 1.54) is 12.1 Å². The first kappa shape index (κ1) is 19.3. The van der Waals surface area contributed by atoms with Gasteiger partial charge in [-0.15, -0.1) is 0 Å². The van der Waals surface area contributed by atoms with Crippen LogP contribution in [-0.4, -0.2) is 20.8 Å². The van der Waals surface area contributed by atoms with Crippen molar-refractivity contribution in [3.05, 3.63) is 80.6 Å². The van der Waals surface area contributed by atoms with Crippen LogP contribution in [0.2, 0.25) is 10.0 Å². The summed E-state index contributed by atoms with van der Waals surface area (Å²) in [6, 6.07) is 12.7. The molecular weight excluding hydrogens is 407 g/mol. The second-order valence-corrected chi connectivity index (χ2v) is 6.27. The highest BCUT2D eigenvalue weighted by molar-refractivity contribution is 6.31. The molecule has 3 rings (SSSR count). The van der Waals surface area contributed by atoms with Gasteiger partial charge in [-0.05, 0) is 42.5 Å². The van der Waals surface area contributed by atoms with Gasteiger partial charge in [-0.3, -0.25) is 25.8 Å². The molecule has 28 heavy (non-hydrogen) atoms. The summed E-state index contributed by atoms with van der Waals surface area (Å²) < 4.78 is 0. The minimum absolute atomic E-state index is 0.0643. The van der Waals surface area contributed by atoms with Crippen LogP contribution in [0.1, 0.15) is 10.4 Å². The highest BCUT2D eigenvalue weighted by Gasteiger charge is 2.23. The molecule has 142 valence electrons. The number of aromatic nitrogens is 2. The highest BCUT2D eigenvalue weighted by Crippen LogP contribution is 2.31. The van der Waals surface area contributed by atoms with Crippen molar-refractivity contribution in [3.63, 3.8) is 0 Å². The Kier molecular flexibility index (Phi) is 5.87. The zero-order valence-electron chi connectivity index (χ0n) is 14.0. The number of anilines is 3. The van der Waals surface area contributed by atoms with Crippen LogP contribution in [0, 0.1) is 10.1 Å². The predicted molar refractivity (Wildman–Crippen MR) is 106 cm³/mol. The molecule has 1 amide bonds. The van der Waals surface area contributed by atoms with Gasteiger partial charge >= 0.3 is 5.69 Å². The van der Waals surface area contributed by atoms with Gasteiger partial charge < -0.3 is 5.32 Å². The second kappa shape index (κ2) is 8.51. The smallest absolute Gasteiger partial charge is 0.334 e. The van der Waals surface area contributed by atoms with E-state index in [4.69, 9.17) is 23.2 Å². The Morgan fingerprint density at radius 3 is 2.39 bits per heavy atom. The number of carbonyl (C=O) groups excluding carboxylic acids is 1. The molecule has 0 radical (unpaired) electrons. The zero-order valence-corrected chi connectivity index (χ0v) is 15.5. The van der Waals surface area contributed by atoms with Crippen LogP contribution >= 0.6 is 23.2 Å². The predicted octanol–water partition coefficient (Wildman–Crippen LogP) is 4.19. The summed E-state index contributed by atoms with van der Waals surface area (Å²) in [5.41, 5.74) is 5.18. The van der Waals surface area contributed by atoms with E-state index < -0.39 is 16.5 Å². The third-order valence-corrected chi connectivity index (χ3v) is 3.98. The van der Waals surface area contributed by atoms with Gasteiger partial charge in [0.05, 0.1) is 4.92 Å². The normalized spacial score (nSPS) is 10.2. The Morgan fingerprint density at radius 1 is 1.00 bits per heavy atom. The molecule has 0 spiro atoms. The van der Waals surface area contributed by atoms with Crippen molar-refractivity contribution in [1.29, 1.82) is 0 Å². The number of nitrogens with zero attached hydrogens (tertiary/aromatic N) is 3. The first-order valence-corrected chi connectivity index (χ1v) is 8.53. The van der Waals surface area contributed by atoms with Crippen molar-refractivity contribution in [2.75, 3.05) is 10.7 Å². The van der Waals surface area contributed by atoms with Crippen molar-refractivity contribution in [2.24, 2.45) is 0 Å². The van der Waals surface area contributed by atoms with E-state index >= 15 is 0 Å². The van der Waals surface area contributed by atoms with Crippen molar-refractivity contribution < 1.29 is 9.72 Å². The summed E-state index contributed by atoms with van der Waals surface area (Å²) in [6.45, 7) is 0. The topological polar surface area (TPSA) is 122 Å². The van der Waals surface area contributed by atoms with E-state index in [0.717, 1.165) is 6.33 Å². The Morgan fingerprint density at radius 2 is 1.71 bits per heavy atom. The van der Waals surface area contributed by atoms with E-state index in [1.54, 1.807) is 36.4 Å². The molecule has 1 heterocycles. The number of nitrogens with one attached hydrogen (secondary N) is 3. The number of rotatable bonds is 6. The molecule has 0 aliphatic rings. The maximum absolute atomic E-state index is 12.2. The lowest BCUT2D eigenvalue weighted by Crippen LogP contribution is -2.30. The SMILES string of the molecule is O=C(NNc1ncnc(Nc2cccc(Cl)c2)c1[N+](=O)[O-])c1ccc(Cl)cc1. The number of nitro groups is 1. The lowest BCUT2D eigenvalue weighted by atomic mass is 10.2. The fourth-order valence-corrected chi connectivity index (χ4v) is 2.54. The molecule has 1 aromatic heterocycles. The van der Waals surface area contributed by atoms with Crippen LogP contribution < -0.4 is 16.2 Å². The Bertz CT molecular complexity index is 1030. The fourth-order valence-electron chi connectivity index (χ4n) is 2.23. The molecule has 0 fully saturated rings. The number of benzene rings is 2. The first-order valence-electron chi connectivity index (χ1n) is 7.78. The van der Waals surface area contributed by atoms with E-state index in [-0.39, 0.29) is 11.6 Å². The molecular formula is C17H12Cl2N6O3. The number of hydrazine groups is 1. The molecule has 3 N–H and O–H groups in total. The van der Waals surface area contributed by atoms with Crippen molar-refractivity contribution in [3.8, 4) is 0 Å². The molecule has 0 bridgehead atoms. The van der Waals surface area contributed by atoms with Crippen LogP contribution in [-0.2, 0) is 0 Å². The summed E-state index contributed by atoms with van der Waals surface area (Å²) in [4.78, 5) is 30.8. The van der Waals surface area contributed by atoms with Gasteiger partial charge in [0.2, 0.25) is 11.6 Å². The summed E-state index contributed by atoms with van der Waals surface area (Å²) in [6.07, 6.45) is 1.12. The van der Waals surface area contributed by atoms with Crippen LogP contribution in [0.25, 0.3) is 0 Å². The fraction of sp³-hybridized carbons (Fsp3) is 0. The maximum Gasteiger partial charge on any atom is 0.355 e. The molecule has 11 heteroatoms. The van der Waals surface area contributed by atoms with E-state index in [9.17, 15) is 14.9 Å². The molecule has 3 aromatic rings. The molecule has 9 nitrogen and oxygen atoms in total. The maximum atomic E-state index is 12.2. The minimum atomic E-state index is -0.663. The second-order valence-electron chi connectivity index (χ2n) is 5.40. The lowest BCUT2D eigenvalue weighted by molar-refractivity contribution is -0.383. The molecule has 0 unspecified atom stereocenters. The van der Waals surface area contributed by atoms with Crippen molar-refractivity contribution in [2.45, 2.75) is 0 Å². The van der Waals surface area contributed by atoms with E-state index in [1.807, 2.05) is 0 Å². The Labute approximate surface area is 168 Å². The van der Waals surface area contributed by atoms with Crippen LogP contribution in [0.4, 0.5) is 23.0 Å². The average Bonchev–Trinajstić information content (AvgIpc) is 2.66. The minimum Gasteiger partial charge on any atom is -0.334 e. The lowest BCUT2D eigenvalue weighted by Gasteiger charge is -2.11. The molecule has 2 aromatic carbocycles. The monoisotopic (exact) mass is 418 g/mol. The largest absolute Gasteiger partial charge is 0.355 e. The van der Waals surface area contributed by atoms with Crippen LogP contribution in [0.5, 0.6) is 0 Å². The summed E-state index contributed by atoms with van der Waals surface area (Å²) >= 11 is 11.7. The molecule has 0 aliphatic heterocycles. The van der Waals surface area contributed by atoms with Gasteiger partial charge in [-0.2, -0.15) is 0 Å². The standard InChI is InChI=1S/C17H12Cl2N6O3/c18-11-6-4-10(5-7-11)17(26)24-23-16-14(25(27)28)15(20-9-21-16)22-13-3-1-2-12(19)8-13/h1-9H,(H,24,26)(H2,20,21,22,23). The molecule has 0 atom stereocenters. The van der Waals surface area contributed by atoms with Crippen LogP contribution in [0.3, 0.4) is 0 Å². The van der Waals surface area contributed by atoms with Crippen molar-refractivity contribution >= 4 is 52.1 Å². The Hall–Kier alpha value is -3.43. The summed E-state index contributed by atoms with van der Waals surface area (Å²) in [7, 11) is 0. The quantitative estimate of drug-likeness (QED) is 0.405. The first-order chi connectivity index (χ1) is 13.4. The van der Waals surface area contributed by atoms with Crippen molar-refractivity contribution in [1.82, 2.24) is 15.4 Å². The van der Waals surface area contributed by atoms with Gasteiger partial charge in [-0.25, -0.2) is 9.97 Å². The molecule has 0 aliphatic carbocycles. The summed E-state index contributed by atoms with van der Waals surface area (Å²) in [5, 5.41) is 15.3. The molecule has 0 saturated heterocycles. The van der Waals surface area contributed by atoms with Gasteiger partial charge in [-0.1, -0.05) is 29.3 Å². The number of carbonyl (C=O) groups is 1. The van der Waals surface area contributed by atoms with Gasteiger partial charge in [0.15, 0.2) is 0 Å². The third-order valence-electron chi connectivity index (χ3n) is 3.49. The highest BCUT2D eigenvalue weighted by atomic mass is 35.5. The van der Waals surface area contributed by atoms with E-state index in [0.29, 0.717) is 21.3 Å². The van der Waals surface area contributed by atoms with Gasteiger partial charge in [0.1, 0.15) is 6.33 Å². The number of hydrogen-bond donors (Lipinski definition) is 3. The summed E-state index contributed by atoms with van der Waals surface area (Å²) in [5.74, 6) is -0.772. The molecule has 0 saturated carbocycles. The number of halogens is 2. The number of hydrogen-bond acceptors (Lipinski definition) is 7. The Balaban J connectivity index is 1.82. The van der Waals surface area contributed by atoms with Gasteiger partial charge in [0, 0.05) is 21.3 Å². The van der Waals surface area contributed by atoms with Crippen LogP contribution in [0.15, 0.2) is 54.9 Å². The van der Waals surface area contributed by atoms with Gasteiger partial charge in [0.25, 0.3) is 5.91 Å².